The van der Waals surface area contributed by atoms with E-state index in [1.807, 2.05) is 0 Å². The van der Waals surface area contributed by atoms with E-state index < -0.39 is 18.5 Å². The molecule has 0 saturated heterocycles. The van der Waals surface area contributed by atoms with Crippen molar-refractivity contribution in [3.8, 4) is 23.0 Å². The number of aliphatic hydroxyl groups is 1. The smallest absolute Gasteiger partial charge is 0.388 e. The lowest BCUT2D eigenvalue weighted by Crippen LogP contribution is -2.06. The number of aromatic nitrogens is 6. The van der Waals surface area contributed by atoms with Gasteiger partial charge in [0.05, 0.1) is 34.2 Å². The second kappa shape index (κ2) is 10.1. The number of hydrogen-bond donors (Lipinski definition) is 2. The van der Waals surface area contributed by atoms with Crippen LogP contribution in [0.25, 0.3) is 28.1 Å². The zero-order valence-corrected chi connectivity index (χ0v) is 20.5. The van der Waals surface area contributed by atoms with Crippen LogP contribution in [0.5, 0.6) is 5.88 Å². The van der Waals surface area contributed by atoms with Crippen molar-refractivity contribution in [1.82, 2.24) is 29.7 Å². The van der Waals surface area contributed by atoms with E-state index in [1.165, 1.54) is 24.7 Å². The van der Waals surface area contributed by atoms with E-state index in [0.717, 1.165) is 5.69 Å². The van der Waals surface area contributed by atoms with E-state index in [9.17, 15) is 13.9 Å². The monoisotopic (exact) mass is 521 g/mol. The minimum atomic E-state index is -3.04. The number of aryl methyl sites for hydroxylation is 2. The molecule has 12 heteroatoms. The van der Waals surface area contributed by atoms with Gasteiger partial charge in [-0.05, 0) is 50.6 Å². The summed E-state index contributed by atoms with van der Waals surface area (Å²) in [5, 5.41) is 21.2. The number of aliphatic hydroxyl groups excluding tert-OH is 1. The summed E-state index contributed by atoms with van der Waals surface area (Å²) < 4.78 is 46.7. The Morgan fingerprint density at radius 2 is 1.84 bits per heavy atom. The molecule has 0 aliphatic carbocycles. The summed E-state index contributed by atoms with van der Waals surface area (Å²) in [4.78, 5) is 13.0. The van der Waals surface area contributed by atoms with Gasteiger partial charge in [-0.2, -0.15) is 13.9 Å². The molecule has 5 aromatic rings. The van der Waals surface area contributed by atoms with Gasteiger partial charge in [-0.1, -0.05) is 6.07 Å². The Hall–Kier alpha value is -4.58. The first-order valence-corrected chi connectivity index (χ1v) is 11.5. The van der Waals surface area contributed by atoms with Gasteiger partial charge in [0.2, 0.25) is 5.88 Å². The fourth-order valence-corrected chi connectivity index (χ4v) is 3.97. The molecule has 9 nitrogen and oxygen atoms in total. The largest absolute Gasteiger partial charge is 0.417 e. The van der Waals surface area contributed by atoms with Crippen molar-refractivity contribution in [2.75, 3.05) is 5.32 Å². The van der Waals surface area contributed by atoms with Crippen LogP contribution in [0.3, 0.4) is 0 Å². The molecule has 0 spiro atoms. The third-order valence-electron chi connectivity index (χ3n) is 5.85. The molecule has 0 radical (unpaired) electrons. The van der Waals surface area contributed by atoms with Crippen LogP contribution in [-0.2, 0) is 0 Å². The van der Waals surface area contributed by atoms with Crippen molar-refractivity contribution in [1.29, 1.82) is 0 Å². The van der Waals surface area contributed by atoms with Crippen LogP contribution in [-0.4, -0.2) is 41.4 Å². The maximum Gasteiger partial charge on any atom is 0.388 e. The molecule has 1 atom stereocenters. The Bertz CT molecular complexity index is 1620. The number of nitrogens with zero attached hydrogens (tertiary/aromatic N) is 6. The van der Waals surface area contributed by atoms with Gasteiger partial charge in [0.1, 0.15) is 18.0 Å². The second-order valence-corrected chi connectivity index (χ2v) is 8.62. The van der Waals surface area contributed by atoms with Crippen LogP contribution in [0.4, 0.5) is 24.7 Å². The van der Waals surface area contributed by atoms with Crippen molar-refractivity contribution in [2.45, 2.75) is 33.5 Å². The lowest BCUT2D eigenvalue weighted by molar-refractivity contribution is -0.0528. The van der Waals surface area contributed by atoms with E-state index in [4.69, 9.17) is 4.98 Å². The molecular weight excluding hydrogens is 499 g/mol. The van der Waals surface area contributed by atoms with Crippen molar-refractivity contribution in [3.63, 3.8) is 0 Å². The average molecular weight is 522 g/mol. The maximum atomic E-state index is 15.1. The van der Waals surface area contributed by atoms with E-state index in [2.05, 4.69) is 30.2 Å². The normalized spacial score (nSPS) is 12.2. The number of halogens is 3. The van der Waals surface area contributed by atoms with Gasteiger partial charge in [-0.25, -0.2) is 19.3 Å². The van der Waals surface area contributed by atoms with Gasteiger partial charge in [-0.15, -0.1) is 5.10 Å². The third-order valence-corrected chi connectivity index (χ3v) is 5.85. The Morgan fingerprint density at radius 1 is 1.03 bits per heavy atom. The number of benzene rings is 1. The van der Waals surface area contributed by atoms with Gasteiger partial charge >= 0.3 is 6.61 Å². The van der Waals surface area contributed by atoms with Crippen molar-refractivity contribution in [2.24, 2.45) is 0 Å². The fraction of sp³-hybridized carbons (Fsp3) is 0.192. The van der Waals surface area contributed by atoms with Gasteiger partial charge in [0, 0.05) is 29.5 Å². The molecule has 2 N–H and O–H groups in total. The Balaban J connectivity index is 1.58. The van der Waals surface area contributed by atoms with Crippen molar-refractivity contribution in [3.05, 3.63) is 77.6 Å². The number of hydrogen-bond acceptors (Lipinski definition) is 8. The molecule has 1 unspecified atom stereocenters. The number of rotatable bonds is 7. The average Bonchev–Trinajstić information content (AvgIpc) is 3.28. The molecule has 4 heterocycles. The number of anilines is 2. The Labute approximate surface area is 215 Å². The zero-order valence-electron chi connectivity index (χ0n) is 20.5. The van der Waals surface area contributed by atoms with E-state index in [-0.39, 0.29) is 11.6 Å². The second-order valence-electron chi connectivity index (χ2n) is 8.62. The fourth-order valence-electron chi connectivity index (χ4n) is 3.97. The highest BCUT2D eigenvalue weighted by molar-refractivity contribution is 5.82. The molecule has 0 saturated carbocycles. The first-order chi connectivity index (χ1) is 18.2. The highest BCUT2D eigenvalue weighted by Crippen LogP contribution is 2.33. The Kier molecular flexibility index (Phi) is 6.64. The van der Waals surface area contributed by atoms with Crippen LogP contribution in [0.2, 0.25) is 0 Å². The van der Waals surface area contributed by atoms with Crippen LogP contribution in [0.1, 0.15) is 29.8 Å². The quantitative estimate of drug-likeness (QED) is 0.292. The number of alkyl halides is 2. The number of fused-ring (bicyclic) bond motifs is 1. The summed E-state index contributed by atoms with van der Waals surface area (Å²) in [6, 6.07) is 11.0. The molecular formula is C26H22F3N7O2. The number of pyridine rings is 2. The standard InChI is InChI=1S/C26H22F3N7O2/c1-13-11-30-24(38-26(28)29)8-17(13)25-16(15(3)37)5-7-23(33-25)36-12-31-20-10-19(18(27)9-21(20)36)32-22-6-4-14(2)34-35-22/h4-12,15,26,37H,1-3H3,(H,32,35). The molecule has 0 amide bonds. The summed E-state index contributed by atoms with van der Waals surface area (Å²) in [5.41, 5.74) is 3.74. The predicted octanol–water partition coefficient (Wildman–Crippen LogP) is 5.43. The number of nitrogens with one attached hydrogen (secondary N) is 1. The molecule has 0 fully saturated rings. The summed E-state index contributed by atoms with van der Waals surface area (Å²) in [7, 11) is 0. The minimum Gasteiger partial charge on any atom is -0.417 e. The first-order valence-electron chi connectivity index (χ1n) is 11.5. The van der Waals surface area contributed by atoms with E-state index in [1.54, 1.807) is 55.7 Å². The maximum absolute atomic E-state index is 15.1. The summed E-state index contributed by atoms with van der Waals surface area (Å²) >= 11 is 0. The zero-order chi connectivity index (χ0) is 27.0. The van der Waals surface area contributed by atoms with Crippen LogP contribution < -0.4 is 10.1 Å². The third kappa shape index (κ3) is 4.98. The van der Waals surface area contributed by atoms with E-state index in [0.29, 0.717) is 45.1 Å². The van der Waals surface area contributed by atoms with E-state index >= 15 is 4.39 Å². The molecule has 1 aromatic carbocycles. The molecule has 0 aliphatic rings. The van der Waals surface area contributed by atoms with Crippen LogP contribution in [0, 0.1) is 19.7 Å². The minimum absolute atomic E-state index is 0.179. The molecule has 5 rings (SSSR count). The molecule has 4 aromatic heterocycles. The highest BCUT2D eigenvalue weighted by Gasteiger charge is 2.19. The van der Waals surface area contributed by atoms with Gasteiger partial charge in [-0.3, -0.25) is 4.57 Å². The number of ether oxygens (including phenoxy) is 1. The van der Waals surface area contributed by atoms with Crippen LogP contribution in [0.15, 0.2) is 55.0 Å². The lowest BCUT2D eigenvalue weighted by atomic mass is 10.00. The molecule has 194 valence electrons. The summed E-state index contributed by atoms with van der Waals surface area (Å²) in [6.45, 7) is 2.07. The summed E-state index contributed by atoms with van der Waals surface area (Å²) in [6.07, 6.45) is 1.98. The molecule has 0 aliphatic heterocycles. The van der Waals surface area contributed by atoms with Crippen molar-refractivity contribution < 1.29 is 23.0 Å². The van der Waals surface area contributed by atoms with Gasteiger partial charge in [0.15, 0.2) is 5.82 Å². The predicted molar refractivity (Wildman–Crippen MR) is 134 cm³/mol. The highest BCUT2D eigenvalue weighted by atomic mass is 19.3. The van der Waals surface area contributed by atoms with Crippen molar-refractivity contribution >= 4 is 22.5 Å². The van der Waals surface area contributed by atoms with Gasteiger partial charge in [0.25, 0.3) is 0 Å². The summed E-state index contributed by atoms with van der Waals surface area (Å²) in [5.74, 6) is -0.0563. The lowest BCUT2D eigenvalue weighted by Gasteiger charge is -2.16. The molecule has 38 heavy (non-hydrogen) atoms. The first kappa shape index (κ1) is 25.1. The van der Waals surface area contributed by atoms with Gasteiger partial charge < -0.3 is 15.2 Å². The number of imidazole rings is 1. The molecule has 0 bridgehead atoms. The Morgan fingerprint density at radius 3 is 2.55 bits per heavy atom. The SMILES string of the molecule is Cc1ccc(Nc2cc3ncn(-c4ccc(C(C)O)c(-c5cc(OC(F)F)ncc5C)n4)c3cc2F)nn1. The van der Waals surface area contributed by atoms with Crippen LogP contribution >= 0.6 is 0 Å². The topological polar surface area (TPSA) is 111 Å².